The third kappa shape index (κ3) is 4.24. The molecule has 0 amide bonds. The van der Waals surface area contributed by atoms with Gasteiger partial charge in [-0.3, -0.25) is 0 Å². The van der Waals surface area contributed by atoms with E-state index in [4.69, 9.17) is 8.85 Å². The number of benzene rings is 1. The fraction of sp³-hybridized carbons (Fsp3) is 0.692. The van der Waals surface area contributed by atoms with Crippen molar-refractivity contribution in [3.05, 3.63) is 42.0 Å². The standard InChI is InChI=1S/C26H46O2Si2/c1-12-26(28-30(13-2,14-3)15-4)19-18-25(26,9)22-17-16-21(5)20-23(22)27-29(10,11)24(6,7)8/h12,16-17,20H,1,13-15,18-19H2,2-11H3/t25-,26-/m0/s1. The van der Waals surface area contributed by atoms with Crippen LogP contribution in [0.25, 0.3) is 0 Å². The first-order valence-electron chi connectivity index (χ1n) is 11.9. The van der Waals surface area contributed by atoms with Crippen molar-refractivity contribution in [3.8, 4) is 5.75 Å². The summed E-state index contributed by atoms with van der Waals surface area (Å²) in [5.41, 5.74) is 2.16. The number of hydrogen-bond donors (Lipinski definition) is 0. The Kier molecular flexibility index (Phi) is 7.28. The van der Waals surface area contributed by atoms with Crippen LogP contribution in [0.15, 0.2) is 30.9 Å². The Labute approximate surface area is 188 Å². The van der Waals surface area contributed by atoms with Crippen molar-refractivity contribution < 1.29 is 8.85 Å². The molecule has 0 unspecified atom stereocenters. The summed E-state index contributed by atoms with van der Waals surface area (Å²) in [6.07, 6.45) is 4.28. The molecule has 0 N–H and O–H groups in total. The molecule has 1 fully saturated rings. The minimum Gasteiger partial charge on any atom is -0.543 e. The van der Waals surface area contributed by atoms with E-state index in [0.717, 1.165) is 36.7 Å². The van der Waals surface area contributed by atoms with Crippen molar-refractivity contribution in [1.29, 1.82) is 0 Å². The zero-order chi connectivity index (χ0) is 23.0. The van der Waals surface area contributed by atoms with E-state index in [1.807, 2.05) is 0 Å². The molecule has 1 aromatic rings. The van der Waals surface area contributed by atoms with E-state index in [1.165, 1.54) is 11.1 Å². The van der Waals surface area contributed by atoms with Gasteiger partial charge in [-0.1, -0.05) is 66.7 Å². The van der Waals surface area contributed by atoms with Gasteiger partial charge in [-0.25, -0.2) is 0 Å². The first-order chi connectivity index (χ1) is 13.8. The van der Waals surface area contributed by atoms with Crippen LogP contribution >= 0.6 is 0 Å². The summed E-state index contributed by atoms with van der Waals surface area (Å²) in [4.78, 5) is 0. The van der Waals surface area contributed by atoms with E-state index >= 15 is 0 Å². The maximum atomic E-state index is 7.19. The van der Waals surface area contributed by atoms with Crippen LogP contribution in [0.3, 0.4) is 0 Å². The predicted octanol–water partition coefficient (Wildman–Crippen LogP) is 8.38. The highest BCUT2D eigenvalue weighted by Gasteiger charge is 2.59. The summed E-state index contributed by atoms with van der Waals surface area (Å²) in [6, 6.07) is 10.3. The Morgan fingerprint density at radius 2 is 1.63 bits per heavy atom. The normalized spacial score (nSPS) is 25.0. The Morgan fingerprint density at radius 3 is 2.03 bits per heavy atom. The molecule has 0 saturated heterocycles. The topological polar surface area (TPSA) is 18.5 Å². The van der Waals surface area contributed by atoms with Gasteiger partial charge in [-0.2, -0.15) is 0 Å². The lowest BCUT2D eigenvalue weighted by Crippen LogP contribution is -2.63. The molecule has 2 nitrogen and oxygen atoms in total. The van der Waals surface area contributed by atoms with Crippen molar-refractivity contribution >= 4 is 16.6 Å². The first kappa shape index (κ1) is 25.4. The lowest BCUT2D eigenvalue weighted by molar-refractivity contribution is -0.0565. The highest BCUT2D eigenvalue weighted by Crippen LogP contribution is 2.58. The third-order valence-electron chi connectivity index (χ3n) is 8.49. The number of rotatable bonds is 9. The van der Waals surface area contributed by atoms with Gasteiger partial charge < -0.3 is 8.85 Å². The third-order valence-corrected chi connectivity index (χ3v) is 17.5. The van der Waals surface area contributed by atoms with Crippen molar-refractivity contribution in [2.75, 3.05) is 0 Å². The molecule has 0 aromatic heterocycles. The van der Waals surface area contributed by atoms with Gasteiger partial charge in [0.2, 0.25) is 8.32 Å². The van der Waals surface area contributed by atoms with Crippen molar-refractivity contribution in [2.24, 2.45) is 0 Å². The van der Waals surface area contributed by atoms with Crippen molar-refractivity contribution in [2.45, 2.75) is 116 Å². The summed E-state index contributed by atoms with van der Waals surface area (Å²) in [7, 11) is -3.72. The summed E-state index contributed by atoms with van der Waals surface area (Å²) < 4.78 is 14.1. The minimum absolute atomic E-state index is 0.0993. The second-order valence-electron chi connectivity index (χ2n) is 11.1. The molecule has 2 rings (SSSR count). The van der Waals surface area contributed by atoms with E-state index in [0.29, 0.717) is 0 Å². The highest BCUT2D eigenvalue weighted by atomic mass is 28.4. The molecule has 0 heterocycles. The SMILES string of the molecule is C=C[C@]1(O[Si](CC)(CC)CC)CC[C@@]1(C)c1ccc(C)cc1O[Si](C)(C)C(C)(C)C. The Bertz CT molecular complexity index is 753. The molecule has 170 valence electrons. The molecule has 0 spiro atoms. The van der Waals surface area contributed by atoms with Gasteiger partial charge >= 0.3 is 0 Å². The fourth-order valence-corrected chi connectivity index (χ4v) is 8.73. The molecule has 30 heavy (non-hydrogen) atoms. The molecule has 1 saturated carbocycles. The lowest BCUT2D eigenvalue weighted by Gasteiger charge is -2.60. The zero-order valence-electron chi connectivity index (χ0n) is 21.4. The molecular formula is C26H46O2Si2. The van der Waals surface area contributed by atoms with E-state index in [2.05, 4.69) is 99.3 Å². The van der Waals surface area contributed by atoms with Crippen LogP contribution < -0.4 is 4.43 Å². The quantitative estimate of drug-likeness (QED) is 0.280. The van der Waals surface area contributed by atoms with Crippen LogP contribution in [0.1, 0.15) is 72.4 Å². The van der Waals surface area contributed by atoms with Gasteiger partial charge in [-0.15, -0.1) is 6.58 Å². The van der Waals surface area contributed by atoms with Gasteiger partial charge in [0.05, 0.1) is 5.60 Å². The molecule has 1 aliphatic rings. The van der Waals surface area contributed by atoms with Crippen molar-refractivity contribution in [3.63, 3.8) is 0 Å². The van der Waals surface area contributed by atoms with E-state index in [-0.39, 0.29) is 16.1 Å². The molecule has 4 heteroatoms. The predicted molar refractivity (Wildman–Crippen MR) is 137 cm³/mol. The van der Waals surface area contributed by atoms with Crippen LogP contribution in [0.5, 0.6) is 5.75 Å². The average Bonchev–Trinajstić information content (AvgIpc) is 2.67. The van der Waals surface area contributed by atoms with Gasteiger partial charge in [0, 0.05) is 11.0 Å². The molecule has 1 aromatic carbocycles. The molecule has 2 atom stereocenters. The maximum Gasteiger partial charge on any atom is 0.250 e. The van der Waals surface area contributed by atoms with Crippen LogP contribution in [0.2, 0.25) is 36.3 Å². The van der Waals surface area contributed by atoms with Crippen molar-refractivity contribution in [1.82, 2.24) is 0 Å². The second kappa shape index (κ2) is 8.59. The maximum absolute atomic E-state index is 7.19. The number of aryl methyl sites for hydroxylation is 1. The van der Waals surface area contributed by atoms with Gasteiger partial charge in [0.15, 0.2) is 8.32 Å². The Hall–Kier alpha value is -0.846. The Morgan fingerprint density at radius 1 is 1.07 bits per heavy atom. The molecule has 0 bridgehead atoms. The second-order valence-corrected chi connectivity index (χ2v) is 20.5. The van der Waals surface area contributed by atoms with Crippen LogP contribution in [-0.4, -0.2) is 22.2 Å². The minimum atomic E-state index is -1.95. The number of hydrogen-bond acceptors (Lipinski definition) is 2. The Balaban J connectivity index is 2.56. The van der Waals surface area contributed by atoms with Gasteiger partial charge in [0.25, 0.3) is 0 Å². The lowest BCUT2D eigenvalue weighted by atomic mass is 9.54. The molecule has 0 aliphatic heterocycles. The van der Waals surface area contributed by atoms with Crippen LogP contribution in [0.4, 0.5) is 0 Å². The molecular weight excluding hydrogens is 400 g/mol. The van der Waals surface area contributed by atoms with Gasteiger partial charge in [-0.05, 0) is 67.7 Å². The monoisotopic (exact) mass is 446 g/mol. The molecule has 1 aliphatic carbocycles. The van der Waals surface area contributed by atoms with Crippen LogP contribution in [-0.2, 0) is 9.84 Å². The summed E-state index contributed by atoms with van der Waals surface area (Å²) in [5, 5.41) is 0.162. The summed E-state index contributed by atoms with van der Waals surface area (Å²) in [6.45, 7) is 27.3. The first-order valence-corrected chi connectivity index (χ1v) is 17.3. The zero-order valence-corrected chi connectivity index (χ0v) is 23.4. The summed E-state index contributed by atoms with van der Waals surface area (Å²) >= 11 is 0. The summed E-state index contributed by atoms with van der Waals surface area (Å²) in [5.74, 6) is 1.07. The average molecular weight is 447 g/mol. The van der Waals surface area contributed by atoms with E-state index in [1.54, 1.807) is 0 Å². The van der Waals surface area contributed by atoms with Gasteiger partial charge in [0.1, 0.15) is 5.75 Å². The largest absolute Gasteiger partial charge is 0.543 e. The fourth-order valence-electron chi connectivity index (χ4n) is 4.59. The van der Waals surface area contributed by atoms with E-state index in [9.17, 15) is 0 Å². The molecule has 0 radical (unpaired) electrons. The highest BCUT2D eigenvalue weighted by molar-refractivity contribution is 6.75. The van der Waals surface area contributed by atoms with Crippen LogP contribution in [0, 0.1) is 6.92 Å². The smallest absolute Gasteiger partial charge is 0.250 e. The van der Waals surface area contributed by atoms with E-state index < -0.39 is 16.6 Å².